The van der Waals surface area contributed by atoms with Crippen LogP contribution in [-0.2, 0) is 11.3 Å². The highest BCUT2D eigenvalue weighted by atomic mass is 19.3. The Morgan fingerprint density at radius 3 is 2.39 bits per heavy atom. The number of aromatic nitrogens is 3. The fourth-order valence-electron chi connectivity index (χ4n) is 4.02. The molecular weight excluding hydrogens is 422 g/mol. The molecule has 0 bridgehead atoms. The summed E-state index contributed by atoms with van der Waals surface area (Å²) in [6.07, 6.45) is -1.96. The number of alkyl halides is 2. The zero-order valence-corrected chi connectivity index (χ0v) is 18.8. The number of carbonyl (C=O) groups is 1. The van der Waals surface area contributed by atoms with Gasteiger partial charge in [0.2, 0.25) is 5.91 Å². The quantitative estimate of drug-likeness (QED) is 0.382. The first-order chi connectivity index (χ1) is 15.9. The van der Waals surface area contributed by atoms with Gasteiger partial charge < -0.3 is 5.32 Å². The highest BCUT2D eigenvalue weighted by Gasteiger charge is 2.22. The number of halogens is 2. The Morgan fingerprint density at radius 2 is 1.76 bits per heavy atom. The Balaban J connectivity index is 1.68. The second kappa shape index (κ2) is 9.48. The molecule has 1 amide bonds. The van der Waals surface area contributed by atoms with Gasteiger partial charge in [-0.3, -0.25) is 4.79 Å². The average molecular weight is 449 g/mol. The number of pyridine rings is 1. The maximum atomic E-state index is 13.9. The number of carbonyl (C=O) groups excluding carboxylic acids is 1. The molecule has 0 radical (unpaired) electrons. The van der Waals surface area contributed by atoms with Crippen molar-refractivity contribution in [2.45, 2.75) is 46.2 Å². The second-order valence-electron chi connectivity index (χ2n) is 8.14. The van der Waals surface area contributed by atoms with E-state index in [1.54, 1.807) is 6.92 Å². The third-order valence-corrected chi connectivity index (χ3v) is 5.73. The normalized spacial score (nSPS) is 12.3. The minimum atomic E-state index is -2.69. The van der Waals surface area contributed by atoms with Crippen molar-refractivity contribution < 1.29 is 13.6 Å². The minimum Gasteiger partial charge on any atom is -0.348 e. The smallest absolute Gasteiger partial charge is 0.264 e. The van der Waals surface area contributed by atoms with Crippen LogP contribution in [0.2, 0.25) is 0 Å². The largest absolute Gasteiger partial charge is 0.348 e. The predicted molar refractivity (Wildman–Crippen MR) is 125 cm³/mol. The van der Waals surface area contributed by atoms with Crippen LogP contribution in [0.25, 0.3) is 22.3 Å². The molecule has 1 unspecified atom stereocenters. The van der Waals surface area contributed by atoms with E-state index in [-0.39, 0.29) is 29.7 Å². The average Bonchev–Trinajstić information content (AvgIpc) is 3.13. The van der Waals surface area contributed by atoms with Crippen molar-refractivity contribution in [1.82, 2.24) is 20.1 Å². The third-order valence-electron chi connectivity index (χ3n) is 5.73. The SMILES string of the molecule is CCC(NC(=O)Cn1nc(C)c2c(C(F)F)cc(-c3ccccc3)nc21)c1ccc(C)cc1. The van der Waals surface area contributed by atoms with Crippen molar-refractivity contribution in [2.75, 3.05) is 0 Å². The minimum absolute atomic E-state index is 0.110. The molecule has 0 aliphatic heterocycles. The fourth-order valence-corrected chi connectivity index (χ4v) is 4.02. The van der Waals surface area contributed by atoms with Gasteiger partial charge in [-0.25, -0.2) is 18.4 Å². The summed E-state index contributed by atoms with van der Waals surface area (Å²) in [6, 6.07) is 18.4. The monoisotopic (exact) mass is 448 g/mol. The van der Waals surface area contributed by atoms with E-state index < -0.39 is 6.43 Å². The summed E-state index contributed by atoms with van der Waals surface area (Å²) in [5.41, 5.74) is 3.88. The summed E-state index contributed by atoms with van der Waals surface area (Å²) < 4.78 is 29.3. The van der Waals surface area contributed by atoms with E-state index in [4.69, 9.17) is 0 Å². The summed E-state index contributed by atoms with van der Waals surface area (Å²) in [4.78, 5) is 17.5. The Morgan fingerprint density at radius 1 is 1.06 bits per heavy atom. The number of fused-ring (bicyclic) bond motifs is 1. The van der Waals surface area contributed by atoms with E-state index in [1.807, 2.05) is 68.4 Å². The van der Waals surface area contributed by atoms with E-state index in [2.05, 4.69) is 15.4 Å². The van der Waals surface area contributed by atoms with Gasteiger partial charge in [-0.05, 0) is 31.9 Å². The molecule has 7 heteroatoms. The van der Waals surface area contributed by atoms with Gasteiger partial charge in [0.25, 0.3) is 6.43 Å². The van der Waals surface area contributed by atoms with Crippen LogP contribution in [0.5, 0.6) is 0 Å². The molecule has 33 heavy (non-hydrogen) atoms. The van der Waals surface area contributed by atoms with Gasteiger partial charge in [0, 0.05) is 11.1 Å². The lowest BCUT2D eigenvalue weighted by Crippen LogP contribution is -2.31. The number of nitrogens with one attached hydrogen (secondary N) is 1. The Hall–Kier alpha value is -3.61. The highest BCUT2D eigenvalue weighted by molar-refractivity contribution is 5.87. The number of aryl methyl sites for hydroxylation is 2. The van der Waals surface area contributed by atoms with Gasteiger partial charge in [-0.15, -0.1) is 0 Å². The van der Waals surface area contributed by atoms with Crippen molar-refractivity contribution in [3.05, 3.63) is 83.0 Å². The molecule has 170 valence electrons. The van der Waals surface area contributed by atoms with Gasteiger partial charge in [0.05, 0.1) is 22.8 Å². The van der Waals surface area contributed by atoms with Gasteiger partial charge in [0.1, 0.15) is 6.54 Å². The summed E-state index contributed by atoms with van der Waals surface area (Å²) in [5.74, 6) is -0.252. The first-order valence-corrected chi connectivity index (χ1v) is 10.9. The highest BCUT2D eigenvalue weighted by Crippen LogP contribution is 2.33. The molecule has 0 fully saturated rings. The van der Waals surface area contributed by atoms with Crippen LogP contribution in [0, 0.1) is 13.8 Å². The lowest BCUT2D eigenvalue weighted by Gasteiger charge is -2.18. The van der Waals surface area contributed by atoms with Crippen LogP contribution in [0.4, 0.5) is 8.78 Å². The number of nitrogens with zero attached hydrogens (tertiary/aromatic N) is 3. The lowest BCUT2D eigenvalue weighted by atomic mass is 10.0. The summed E-state index contributed by atoms with van der Waals surface area (Å²) in [6.45, 7) is 5.56. The van der Waals surface area contributed by atoms with E-state index in [0.717, 1.165) is 23.1 Å². The first-order valence-electron chi connectivity index (χ1n) is 10.9. The molecule has 2 heterocycles. The molecule has 0 aliphatic rings. The van der Waals surface area contributed by atoms with E-state index in [0.29, 0.717) is 16.8 Å². The number of benzene rings is 2. The van der Waals surface area contributed by atoms with Crippen molar-refractivity contribution in [1.29, 1.82) is 0 Å². The van der Waals surface area contributed by atoms with Crippen molar-refractivity contribution in [3.8, 4) is 11.3 Å². The summed E-state index contributed by atoms with van der Waals surface area (Å²) in [5, 5.41) is 7.71. The zero-order chi connectivity index (χ0) is 23.5. The van der Waals surface area contributed by atoms with Crippen LogP contribution < -0.4 is 5.32 Å². The summed E-state index contributed by atoms with van der Waals surface area (Å²) in [7, 11) is 0. The molecule has 4 aromatic rings. The molecule has 0 spiro atoms. The van der Waals surface area contributed by atoms with E-state index >= 15 is 0 Å². The van der Waals surface area contributed by atoms with Crippen molar-refractivity contribution >= 4 is 16.9 Å². The lowest BCUT2D eigenvalue weighted by molar-refractivity contribution is -0.122. The Labute approximate surface area is 191 Å². The Kier molecular flexibility index (Phi) is 6.49. The maximum absolute atomic E-state index is 13.9. The number of hydrogen-bond acceptors (Lipinski definition) is 3. The molecule has 0 saturated heterocycles. The number of hydrogen-bond donors (Lipinski definition) is 1. The van der Waals surface area contributed by atoms with Crippen LogP contribution in [0.3, 0.4) is 0 Å². The Bertz CT molecular complexity index is 1270. The molecule has 0 saturated carbocycles. The predicted octanol–water partition coefficient (Wildman–Crippen LogP) is 5.92. The van der Waals surface area contributed by atoms with Gasteiger partial charge in [0.15, 0.2) is 5.65 Å². The first kappa shape index (κ1) is 22.6. The molecule has 4 rings (SSSR count). The molecule has 1 N–H and O–H groups in total. The molecule has 2 aromatic carbocycles. The van der Waals surface area contributed by atoms with E-state index in [9.17, 15) is 13.6 Å². The van der Waals surface area contributed by atoms with Crippen LogP contribution in [-0.4, -0.2) is 20.7 Å². The van der Waals surface area contributed by atoms with Gasteiger partial charge in [-0.1, -0.05) is 67.1 Å². The molecule has 5 nitrogen and oxygen atoms in total. The van der Waals surface area contributed by atoms with Gasteiger partial charge in [-0.2, -0.15) is 5.10 Å². The molecule has 2 aromatic heterocycles. The summed E-state index contributed by atoms with van der Waals surface area (Å²) >= 11 is 0. The van der Waals surface area contributed by atoms with Crippen LogP contribution in [0.1, 0.15) is 48.2 Å². The van der Waals surface area contributed by atoms with E-state index in [1.165, 1.54) is 10.7 Å². The fraction of sp³-hybridized carbons (Fsp3) is 0.269. The number of amides is 1. The molecule has 1 atom stereocenters. The topological polar surface area (TPSA) is 59.8 Å². The zero-order valence-electron chi connectivity index (χ0n) is 18.8. The molecule has 0 aliphatic carbocycles. The van der Waals surface area contributed by atoms with Gasteiger partial charge >= 0.3 is 0 Å². The number of rotatable bonds is 7. The standard InChI is InChI=1S/C26H26F2N4O/c1-4-21(19-12-10-16(2)11-13-19)29-23(33)15-32-26-24(17(3)31-32)20(25(27)28)14-22(30-26)18-8-6-5-7-9-18/h5-14,21,25H,4,15H2,1-3H3,(H,29,33). The molecular formula is C26H26F2N4O. The third kappa shape index (κ3) is 4.77. The maximum Gasteiger partial charge on any atom is 0.264 e. The van der Waals surface area contributed by atoms with Crippen molar-refractivity contribution in [2.24, 2.45) is 0 Å². The van der Waals surface area contributed by atoms with Crippen LogP contribution in [0.15, 0.2) is 60.7 Å². The second-order valence-corrected chi connectivity index (χ2v) is 8.14. The van der Waals surface area contributed by atoms with Crippen molar-refractivity contribution in [3.63, 3.8) is 0 Å². The van der Waals surface area contributed by atoms with Crippen LogP contribution >= 0.6 is 0 Å².